The van der Waals surface area contributed by atoms with Gasteiger partial charge in [-0.1, -0.05) is 6.42 Å². The van der Waals surface area contributed by atoms with Crippen LogP contribution in [0.15, 0.2) is 0 Å². The molecule has 8 heteroatoms. The van der Waals surface area contributed by atoms with Crippen LogP contribution in [0.3, 0.4) is 0 Å². The average molecular weight is 381 g/mol. The lowest BCUT2D eigenvalue weighted by molar-refractivity contribution is -0.150. The molecule has 0 aromatic rings. The minimum atomic E-state index is -0.186. The van der Waals surface area contributed by atoms with E-state index in [1.54, 1.807) is 4.90 Å². The number of rotatable bonds is 2. The number of fused-ring (bicyclic) bond motifs is 1. The van der Waals surface area contributed by atoms with Gasteiger partial charge in [-0.15, -0.1) is 11.6 Å². The normalized spacial score (nSPS) is 39.4. The Labute approximate surface area is 160 Å². The summed E-state index contributed by atoms with van der Waals surface area (Å²) in [4.78, 5) is 18.9. The molecule has 26 heavy (non-hydrogen) atoms. The van der Waals surface area contributed by atoms with E-state index in [9.17, 15) is 4.79 Å². The lowest BCUT2D eigenvalue weighted by atomic mass is 9.79. The number of halogens is 1. The van der Waals surface area contributed by atoms with E-state index in [4.69, 9.17) is 16.9 Å². The Morgan fingerprint density at radius 1 is 1.08 bits per heavy atom. The zero-order valence-electron chi connectivity index (χ0n) is 15.2. The Bertz CT molecular complexity index is 560. The molecule has 7 nitrogen and oxygen atoms in total. The Morgan fingerprint density at radius 3 is 2.58 bits per heavy atom. The van der Waals surface area contributed by atoms with Gasteiger partial charge in [0.15, 0.2) is 6.19 Å². The summed E-state index contributed by atoms with van der Waals surface area (Å²) < 4.78 is 0. The largest absolute Gasteiger partial charge is 0.312 e. The fraction of sp³-hybridized carbons (Fsp3) is 0.889. The molecule has 2 N–H and O–H groups in total. The number of nitriles is 1. The lowest BCUT2D eigenvalue weighted by Gasteiger charge is -2.49. The van der Waals surface area contributed by atoms with Crippen molar-refractivity contribution in [1.29, 1.82) is 5.26 Å². The summed E-state index contributed by atoms with van der Waals surface area (Å²) >= 11 is 6.36. The first kappa shape index (κ1) is 18.3. The van der Waals surface area contributed by atoms with Crippen LogP contribution in [0.1, 0.15) is 25.7 Å². The molecule has 0 spiro atoms. The predicted octanol–water partition coefficient (Wildman–Crippen LogP) is 0.186. The van der Waals surface area contributed by atoms with E-state index < -0.39 is 0 Å². The van der Waals surface area contributed by atoms with Gasteiger partial charge in [-0.05, 0) is 31.1 Å². The summed E-state index contributed by atoms with van der Waals surface area (Å²) in [5, 5.41) is 16.6. The van der Waals surface area contributed by atoms with Crippen molar-refractivity contribution in [3.63, 3.8) is 0 Å². The van der Waals surface area contributed by atoms with Crippen molar-refractivity contribution < 1.29 is 4.79 Å². The zero-order chi connectivity index (χ0) is 18.1. The number of carbonyl (C=O) groups excluding carboxylic acids is 1. The molecule has 4 aliphatic rings. The van der Waals surface area contributed by atoms with Crippen molar-refractivity contribution in [2.75, 3.05) is 45.8 Å². The first-order chi connectivity index (χ1) is 12.7. The molecule has 0 aromatic heterocycles. The Morgan fingerprint density at radius 2 is 1.85 bits per heavy atom. The van der Waals surface area contributed by atoms with E-state index in [1.165, 1.54) is 12.8 Å². The Kier molecular flexibility index (Phi) is 5.55. The second-order valence-corrected chi connectivity index (χ2v) is 8.75. The number of nitrogens with zero attached hydrogens (tertiary/aromatic N) is 4. The molecule has 3 aliphatic heterocycles. The Balaban J connectivity index is 1.33. The molecule has 3 heterocycles. The lowest BCUT2D eigenvalue weighted by Crippen LogP contribution is -2.71. The van der Waals surface area contributed by atoms with Gasteiger partial charge < -0.3 is 9.80 Å². The number of piperazine rings is 2. The minimum absolute atomic E-state index is 0.0891. The maximum atomic E-state index is 13.0. The van der Waals surface area contributed by atoms with Crippen molar-refractivity contribution in [2.24, 2.45) is 11.8 Å². The number of carbonyl (C=O) groups is 1. The molecular formula is C18H29ClN6O. The second kappa shape index (κ2) is 7.89. The van der Waals surface area contributed by atoms with Crippen LogP contribution < -0.4 is 10.6 Å². The average Bonchev–Trinajstić information content (AvgIpc) is 2.68. The summed E-state index contributed by atoms with van der Waals surface area (Å²) in [6.45, 7) is 5.54. The highest BCUT2D eigenvalue weighted by Crippen LogP contribution is 2.33. The molecule has 4 fully saturated rings. The van der Waals surface area contributed by atoms with Crippen LogP contribution in [-0.2, 0) is 4.79 Å². The third kappa shape index (κ3) is 3.65. The van der Waals surface area contributed by atoms with E-state index in [-0.39, 0.29) is 18.2 Å². The van der Waals surface area contributed by atoms with Crippen molar-refractivity contribution >= 4 is 17.5 Å². The molecule has 0 bridgehead atoms. The molecule has 1 amide bonds. The summed E-state index contributed by atoms with van der Waals surface area (Å²) in [7, 11) is 0. The van der Waals surface area contributed by atoms with Gasteiger partial charge >= 0.3 is 0 Å². The quantitative estimate of drug-likeness (QED) is 0.526. The zero-order valence-corrected chi connectivity index (χ0v) is 16.0. The van der Waals surface area contributed by atoms with E-state index in [0.29, 0.717) is 23.8 Å². The van der Waals surface area contributed by atoms with Crippen molar-refractivity contribution in [3.8, 4) is 6.19 Å². The van der Waals surface area contributed by atoms with Crippen LogP contribution in [0.5, 0.6) is 0 Å². The third-order valence-electron chi connectivity index (χ3n) is 6.60. The van der Waals surface area contributed by atoms with E-state index in [0.717, 1.165) is 52.1 Å². The Hall–Kier alpha value is -1.07. The van der Waals surface area contributed by atoms with Crippen LogP contribution in [-0.4, -0.2) is 84.1 Å². The maximum absolute atomic E-state index is 13.0. The van der Waals surface area contributed by atoms with Crippen molar-refractivity contribution in [2.45, 2.75) is 43.4 Å². The first-order valence-electron chi connectivity index (χ1n) is 9.95. The molecule has 2 unspecified atom stereocenters. The number of hydrogen-bond acceptors (Lipinski definition) is 6. The van der Waals surface area contributed by atoms with Gasteiger partial charge in [-0.2, -0.15) is 5.26 Å². The molecule has 1 saturated carbocycles. The summed E-state index contributed by atoms with van der Waals surface area (Å²) in [6.07, 6.45) is 6.87. The minimum Gasteiger partial charge on any atom is -0.312 e. The number of nitrogens with one attached hydrogen (secondary N) is 2. The fourth-order valence-electron chi connectivity index (χ4n) is 5.03. The molecule has 144 valence electrons. The van der Waals surface area contributed by atoms with Gasteiger partial charge in [0.2, 0.25) is 5.91 Å². The number of amides is 1. The molecule has 4 rings (SSSR count). The number of alkyl halides is 1. The first-order valence-corrected chi connectivity index (χ1v) is 10.4. The highest BCUT2D eigenvalue weighted by molar-refractivity contribution is 6.20. The van der Waals surface area contributed by atoms with Gasteiger partial charge in [-0.3, -0.25) is 20.3 Å². The van der Waals surface area contributed by atoms with Crippen LogP contribution in [0.2, 0.25) is 0 Å². The molecule has 3 saturated heterocycles. The van der Waals surface area contributed by atoms with Gasteiger partial charge in [0.05, 0.1) is 6.54 Å². The third-order valence-corrected chi connectivity index (χ3v) is 7.00. The summed E-state index contributed by atoms with van der Waals surface area (Å²) in [6, 6.07) is -0.186. The van der Waals surface area contributed by atoms with Crippen LogP contribution in [0.4, 0.5) is 0 Å². The maximum Gasteiger partial charge on any atom is 0.244 e. The highest BCUT2D eigenvalue weighted by Gasteiger charge is 2.42. The van der Waals surface area contributed by atoms with E-state index in [1.807, 2.05) is 4.90 Å². The van der Waals surface area contributed by atoms with Gasteiger partial charge in [0.1, 0.15) is 12.3 Å². The SMILES string of the molecule is N#CN1CCN2CCN(C3NCC(C4CCCC(Cl)C4)CN3)C(=O)[C@H]2C1. The number of hydrogen-bond donors (Lipinski definition) is 2. The molecule has 1 aliphatic carbocycles. The smallest absolute Gasteiger partial charge is 0.244 e. The monoisotopic (exact) mass is 380 g/mol. The fourth-order valence-corrected chi connectivity index (χ4v) is 5.41. The van der Waals surface area contributed by atoms with E-state index >= 15 is 0 Å². The predicted molar refractivity (Wildman–Crippen MR) is 99.1 cm³/mol. The van der Waals surface area contributed by atoms with Crippen LogP contribution in [0, 0.1) is 23.3 Å². The van der Waals surface area contributed by atoms with Crippen molar-refractivity contribution in [1.82, 2.24) is 25.3 Å². The molecular weight excluding hydrogens is 352 g/mol. The van der Waals surface area contributed by atoms with Crippen LogP contribution in [0.25, 0.3) is 0 Å². The summed E-state index contributed by atoms with van der Waals surface area (Å²) in [5.41, 5.74) is 0. The van der Waals surface area contributed by atoms with Gasteiger partial charge in [0.25, 0.3) is 0 Å². The van der Waals surface area contributed by atoms with Crippen molar-refractivity contribution in [3.05, 3.63) is 0 Å². The van der Waals surface area contributed by atoms with Crippen LogP contribution >= 0.6 is 11.6 Å². The van der Waals surface area contributed by atoms with Gasteiger partial charge in [0, 0.05) is 44.6 Å². The van der Waals surface area contributed by atoms with E-state index in [2.05, 4.69) is 21.7 Å². The highest BCUT2D eigenvalue weighted by atomic mass is 35.5. The molecule has 3 atom stereocenters. The molecule has 0 radical (unpaired) electrons. The summed E-state index contributed by atoms with van der Waals surface area (Å²) in [5.74, 6) is 1.41. The molecule has 0 aromatic carbocycles. The standard InChI is InChI=1S/C18H29ClN6O/c19-15-3-1-2-13(8-15)14-9-21-18(22-10-14)25-7-6-24-5-4-23(12-20)11-16(24)17(25)26/h13-16,18,21-22H,1-11H2/t13?,14?,15?,16-,18?/m1/s1. The second-order valence-electron chi connectivity index (χ2n) is 8.13. The topological polar surface area (TPSA) is 74.6 Å². The van der Waals surface area contributed by atoms with Gasteiger partial charge in [-0.25, -0.2) is 0 Å².